The molecule has 16 heavy (non-hydrogen) atoms. The summed E-state index contributed by atoms with van der Waals surface area (Å²) < 4.78 is 4.76. The van der Waals surface area contributed by atoms with Crippen LogP contribution in [-0.2, 0) is 14.3 Å². The van der Waals surface area contributed by atoms with Crippen LogP contribution in [0.4, 0.5) is 0 Å². The Morgan fingerprint density at radius 1 is 1.31 bits per heavy atom. The number of rotatable bonds is 1. The van der Waals surface area contributed by atoms with Gasteiger partial charge in [-0.2, -0.15) is 0 Å². The Balaban J connectivity index is 2.18. The van der Waals surface area contributed by atoms with Gasteiger partial charge < -0.3 is 4.74 Å². The van der Waals surface area contributed by atoms with E-state index in [0.717, 1.165) is 6.42 Å². The van der Waals surface area contributed by atoms with E-state index in [-0.39, 0.29) is 11.8 Å². The topological polar surface area (TPSA) is 43.4 Å². The van der Waals surface area contributed by atoms with Crippen molar-refractivity contribution >= 4 is 11.8 Å². The molecule has 0 unspecified atom stereocenters. The summed E-state index contributed by atoms with van der Waals surface area (Å²) in [6.07, 6.45) is 2.15. The summed E-state index contributed by atoms with van der Waals surface area (Å²) in [6, 6.07) is 0. The van der Waals surface area contributed by atoms with E-state index in [1.807, 2.05) is 0 Å². The Morgan fingerprint density at radius 3 is 2.50 bits per heavy atom. The number of ketones is 1. The summed E-state index contributed by atoms with van der Waals surface area (Å²) in [4.78, 5) is 23.9. The molecule has 0 aromatic carbocycles. The third kappa shape index (κ3) is 1.40. The Kier molecular flexibility index (Phi) is 2.41. The van der Waals surface area contributed by atoms with Gasteiger partial charge in [0.05, 0.1) is 7.11 Å². The second-order valence-electron chi connectivity index (χ2n) is 6.02. The molecule has 2 rings (SSSR count). The van der Waals surface area contributed by atoms with Gasteiger partial charge in [-0.25, -0.2) is 0 Å². The van der Waals surface area contributed by atoms with Gasteiger partial charge >= 0.3 is 5.97 Å². The second-order valence-corrected chi connectivity index (χ2v) is 6.02. The first kappa shape index (κ1) is 11.6. The Bertz CT molecular complexity index is 345. The molecule has 0 bridgehead atoms. The van der Waals surface area contributed by atoms with E-state index in [9.17, 15) is 9.59 Å². The Hall–Kier alpha value is -0.860. The highest BCUT2D eigenvalue weighted by Gasteiger charge is 2.61. The summed E-state index contributed by atoms with van der Waals surface area (Å²) in [6.45, 7) is 6.17. The summed E-state index contributed by atoms with van der Waals surface area (Å²) in [5.41, 5.74) is -0.592. The molecule has 2 fully saturated rings. The van der Waals surface area contributed by atoms with Gasteiger partial charge in [0.25, 0.3) is 0 Å². The molecule has 2 saturated carbocycles. The Morgan fingerprint density at radius 2 is 1.94 bits per heavy atom. The summed E-state index contributed by atoms with van der Waals surface area (Å²) >= 11 is 0. The fourth-order valence-electron chi connectivity index (χ4n) is 3.29. The quantitative estimate of drug-likeness (QED) is 0.506. The standard InChI is InChI=1S/C13H20O3/c1-12(2)8-5-6-13(3,11(15)16-4)10(14)7-9(8)12/h8-9H,5-7H2,1-4H3/t8-,9+,13-/m1/s1. The highest BCUT2D eigenvalue weighted by Crippen LogP contribution is 2.64. The summed E-state index contributed by atoms with van der Waals surface area (Å²) in [7, 11) is 1.36. The normalized spacial score (nSPS) is 40.9. The van der Waals surface area contributed by atoms with Crippen LogP contribution in [0.15, 0.2) is 0 Å². The van der Waals surface area contributed by atoms with Gasteiger partial charge in [-0.05, 0) is 37.0 Å². The maximum Gasteiger partial charge on any atom is 0.319 e. The van der Waals surface area contributed by atoms with Crippen LogP contribution in [0.3, 0.4) is 0 Å². The van der Waals surface area contributed by atoms with Crippen molar-refractivity contribution in [2.45, 2.75) is 40.0 Å². The number of carbonyl (C=O) groups excluding carboxylic acids is 2. The van der Waals surface area contributed by atoms with Crippen molar-refractivity contribution in [3.05, 3.63) is 0 Å². The van der Waals surface area contributed by atoms with Crippen molar-refractivity contribution in [2.24, 2.45) is 22.7 Å². The minimum Gasteiger partial charge on any atom is -0.468 e. The minimum atomic E-state index is -0.891. The lowest BCUT2D eigenvalue weighted by Gasteiger charge is -2.24. The molecule has 0 radical (unpaired) electrons. The average molecular weight is 224 g/mol. The molecule has 0 saturated heterocycles. The molecular formula is C13H20O3. The van der Waals surface area contributed by atoms with Crippen LogP contribution in [0.2, 0.25) is 0 Å². The fourth-order valence-corrected chi connectivity index (χ4v) is 3.29. The van der Waals surface area contributed by atoms with Gasteiger partial charge in [-0.3, -0.25) is 9.59 Å². The lowest BCUT2D eigenvalue weighted by Crippen LogP contribution is -2.37. The molecule has 0 N–H and O–H groups in total. The van der Waals surface area contributed by atoms with Crippen molar-refractivity contribution in [3.8, 4) is 0 Å². The van der Waals surface area contributed by atoms with Crippen LogP contribution in [0, 0.1) is 22.7 Å². The molecule has 0 aromatic rings. The van der Waals surface area contributed by atoms with E-state index in [4.69, 9.17) is 4.74 Å². The molecule has 0 aliphatic heterocycles. The lowest BCUT2D eigenvalue weighted by molar-refractivity contribution is -0.157. The third-order valence-corrected chi connectivity index (χ3v) is 4.90. The number of esters is 1. The van der Waals surface area contributed by atoms with Crippen LogP contribution >= 0.6 is 0 Å². The van der Waals surface area contributed by atoms with Crippen molar-refractivity contribution < 1.29 is 14.3 Å². The number of hydrogen-bond acceptors (Lipinski definition) is 3. The van der Waals surface area contributed by atoms with Crippen LogP contribution in [0.5, 0.6) is 0 Å². The SMILES string of the molecule is COC(=O)[C@]1(C)CC[C@@H]2[C@H](CC1=O)C2(C)C. The van der Waals surface area contributed by atoms with Crippen molar-refractivity contribution in [1.82, 2.24) is 0 Å². The number of fused-ring (bicyclic) bond motifs is 1. The van der Waals surface area contributed by atoms with Crippen molar-refractivity contribution in [2.75, 3.05) is 7.11 Å². The highest BCUT2D eigenvalue weighted by atomic mass is 16.5. The van der Waals surface area contributed by atoms with Crippen LogP contribution in [-0.4, -0.2) is 18.9 Å². The molecule has 3 nitrogen and oxygen atoms in total. The highest BCUT2D eigenvalue weighted by molar-refractivity contribution is 6.03. The molecule has 3 atom stereocenters. The monoisotopic (exact) mass is 224 g/mol. The third-order valence-electron chi connectivity index (χ3n) is 4.90. The van der Waals surface area contributed by atoms with Gasteiger partial charge in [-0.1, -0.05) is 13.8 Å². The fraction of sp³-hybridized carbons (Fsp3) is 0.846. The molecule has 0 spiro atoms. The molecule has 2 aliphatic carbocycles. The van der Waals surface area contributed by atoms with E-state index in [2.05, 4.69) is 13.8 Å². The van der Waals surface area contributed by atoms with E-state index in [1.54, 1.807) is 6.92 Å². The maximum atomic E-state index is 12.2. The van der Waals surface area contributed by atoms with Gasteiger partial charge in [-0.15, -0.1) is 0 Å². The maximum absolute atomic E-state index is 12.2. The predicted molar refractivity (Wildman–Crippen MR) is 59.7 cm³/mol. The smallest absolute Gasteiger partial charge is 0.319 e. The zero-order valence-electron chi connectivity index (χ0n) is 10.5. The molecule has 2 aliphatic rings. The molecule has 3 heteroatoms. The second kappa shape index (κ2) is 3.31. The van der Waals surface area contributed by atoms with Gasteiger partial charge in [0, 0.05) is 6.42 Å². The molecule has 0 amide bonds. The average Bonchev–Trinajstić information content (AvgIpc) is 2.79. The number of methoxy groups -OCH3 is 1. The van der Waals surface area contributed by atoms with Gasteiger partial charge in [0.1, 0.15) is 11.2 Å². The van der Waals surface area contributed by atoms with E-state index < -0.39 is 5.41 Å². The number of ether oxygens (including phenoxy) is 1. The predicted octanol–water partition coefficient (Wildman–Crippen LogP) is 2.19. The first-order valence-corrected chi connectivity index (χ1v) is 5.95. The van der Waals surface area contributed by atoms with Crippen LogP contribution in [0.25, 0.3) is 0 Å². The van der Waals surface area contributed by atoms with Crippen LogP contribution < -0.4 is 0 Å². The lowest BCUT2D eigenvalue weighted by atomic mass is 9.79. The number of hydrogen-bond donors (Lipinski definition) is 0. The van der Waals surface area contributed by atoms with Crippen molar-refractivity contribution in [3.63, 3.8) is 0 Å². The minimum absolute atomic E-state index is 0.0671. The van der Waals surface area contributed by atoms with E-state index in [1.165, 1.54) is 7.11 Å². The molecule has 90 valence electrons. The molecular weight excluding hydrogens is 204 g/mol. The first-order valence-electron chi connectivity index (χ1n) is 5.95. The zero-order valence-corrected chi connectivity index (χ0v) is 10.5. The first-order chi connectivity index (χ1) is 7.34. The van der Waals surface area contributed by atoms with Gasteiger partial charge in [0.2, 0.25) is 0 Å². The van der Waals surface area contributed by atoms with Gasteiger partial charge in [0.15, 0.2) is 0 Å². The summed E-state index contributed by atoms with van der Waals surface area (Å²) in [5.74, 6) is 0.795. The zero-order chi connectivity index (χ0) is 12.1. The Labute approximate surface area is 96.5 Å². The molecule has 0 aromatic heterocycles. The van der Waals surface area contributed by atoms with E-state index >= 15 is 0 Å². The number of Topliss-reactive ketones (excluding diaryl/α,β-unsaturated/α-hetero) is 1. The van der Waals surface area contributed by atoms with Crippen LogP contribution in [0.1, 0.15) is 40.0 Å². The van der Waals surface area contributed by atoms with Crippen molar-refractivity contribution in [1.29, 1.82) is 0 Å². The number of carbonyl (C=O) groups is 2. The van der Waals surface area contributed by atoms with E-state index in [0.29, 0.717) is 30.1 Å². The molecule has 0 heterocycles. The largest absolute Gasteiger partial charge is 0.468 e. The summed E-state index contributed by atoms with van der Waals surface area (Å²) in [5, 5.41) is 0.